The van der Waals surface area contributed by atoms with Crippen LogP contribution in [-0.4, -0.2) is 70.0 Å². The van der Waals surface area contributed by atoms with E-state index in [0.29, 0.717) is 45.1 Å². The Hall–Kier alpha value is -3.68. The molecule has 2 fully saturated rings. The lowest BCUT2D eigenvalue weighted by Gasteiger charge is -2.41. The second-order valence-corrected chi connectivity index (χ2v) is 10.7. The van der Waals surface area contributed by atoms with Crippen LogP contribution in [0.15, 0.2) is 60.7 Å². The first-order valence-corrected chi connectivity index (χ1v) is 13.6. The Kier molecular flexibility index (Phi) is 9.15. The topological polar surface area (TPSA) is 90.0 Å². The summed E-state index contributed by atoms with van der Waals surface area (Å²) in [5.74, 6) is -1.54. The first-order valence-electron chi connectivity index (χ1n) is 13.6. The highest BCUT2D eigenvalue weighted by atomic mass is 16.2. The van der Waals surface area contributed by atoms with Crippen LogP contribution in [0.2, 0.25) is 0 Å². The molecule has 2 aliphatic heterocycles. The van der Waals surface area contributed by atoms with Crippen molar-refractivity contribution in [3.63, 3.8) is 0 Å². The maximum atomic E-state index is 13.1. The Morgan fingerprint density at radius 1 is 0.763 bits per heavy atom. The molecule has 0 radical (unpaired) electrons. The molecule has 4 rings (SSSR count). The number of carbonyl (C=O) groups excluding carboxylic acids is 4. The minimum absolute atomic E-state index is 0.0204. The lowest BCUT2D eigenvalue weighted by molar-refractivity contribution is -0.160. The van der Waals surface area contributed by atoms with Gasteiger partial charge in [-0.1, -0.05) is 74.5 Å². The van der Waals surface area contributed by atoms with Gasteiger partial charge in [0.2, 0.25) is 0 Å². The van der Waals surface area contributed by atoms with Gasteiger partial charge in [-0.3, -0.25) is 19.2 Å². The molecule has 1 N–H and O–H groups in total. The van der Waals surface area contributed by atoms with E-state index in [-0.39, 0.29) is 12.1 Å². The Bertz CT molecular complexity index is 1120. The Morgan fingerprint density at radius 3 is 1.92 bits per heavy atom. The average molecular weight is 519 g/mol. The van der Waals surface area contributed by atoms with Crippen molar-refractivity contribution in [3.05, 3.63) is 71.8 Å². The van der Waals surface area contributed by atoms with Crippen molar-refractivity contribution in [2.75, 3.05) is 19.6 Å². The SMILES string of the molecule is CC(C)C[C@H]1CN(CCCC[C@H]2CNC(=O)C(=O)N2Cc2ccccc2)C(=O)C(=O)N1Cc1ccccc1. The van der Waals surface area contributed by atoms with Gasteiger partial charge in [0.1, 0.15) is 0 Å². The molecule has 2 aliphatic rings. The molecule has 0 aliphatic carbocycles. The predicted molar refractivity (Wildman–Crippen MR) is 144 cm³/mol. The Labute approximate surface area is 225 Å². The third-order valence-corrected chi connectivity index (χ3v) is 7.35. The summed E-state index contributed by atoms with van der Waals surface area (Å²) in [4.78, 5) is 55.9. The molecule has 0 saturated carbocycles. The van der Waals surface area contributed by atoms with Crippen molar-refractivity contribution < 1.29 is 19.2 Å². The molecule has 0 unspecified atom stereocenters. The lowest BCUT2D eigenvalue weighted by Crippen LogP contribution is -2.59. The number of benzene rings is 2. The Morgan fingerprint density at radius 2 is 1.34 bits per heavy atom. The molecule has 0 aromatic heterocycles. The van der Waals surface area contributed by atoms with Crippen LogP contribution in [0.3, 0.4) is 0 Å². The summed E-state index contributed by atoms with van der Waals surface area (Å²) >= 11 is 0. The molecule has 4 amide bonds. The molecular formula is C30H38N4O4. The largest absolute Gasteiger partial charge is 0.346 e. The highest BCUT2D eigenvalue weighted by Gasteiger charge is 2.39. The fourth-order valence-electron chi connectivity index (χ4n) is 5.39. The molecule has 38 heavy (non-hydrogen) atoms. The molecule has 8 heteroatoms. The number of hydrogen-bond donors (Lipinski definition) is 1. The molecule has 2 atom stereocenters. The molecule has 0 bridgehead atoms. The summed E-state index contributed by atoms with van der Waals surface area (Å²) in [6.07, 6.45) is 3.05. The number of piperazine rings is 2. The average Bonchev–Trinajstić information content (AvgIpc) is 2.91. The van der Waals surface area contributed by atoms with Gasteiger partial charge in [-0.15, -0.1) is 0 Å². The van der Waals surface area contributed by atoms with Crippen molar-refractivity contribution in [2.45, 2.75) is 64.7 Å². The van der Waals surface area contributed by atoms with Gasteiger partial charge in [0.15, 0.2) is 0 Å². The number of rotatable bonds is 11. The van der Waals surface area contributed by atoms with Crippen LogP contribution in [0, 0.1) is 5.92 Å². The van der Waals surface area contributed by atoms with Crippen LogP contribution >= 0.6 is 0 Å². The van der Waals surface area contributed by atoms with E-state index in [2.05, 4.69) is 19.2 Å². The molecule has 8 nitrogen and oxygen atoms in total. The third-order valence-electron chi connectivity index (χ3n) is 7.35. The molecule has 2 aromatic carbocycles. The number of nitrogens with zero attached hydrogens (tertiary/aromatic N) is 3. The van der Waals surface area contributed by atoms with E-state index in [4.69, 9.17) is 0 Å². The number of nitrogens with one attached hydrogen (secondary N) is 1. The van der Waals surface area contributed by atoms with Gasteiger partial charge in [-0.25, -0.2) is 0 Å². The quantitative estimate of drug-likeness (QED) is 0.366. The maximum absolute atomic E-state index is 13.1. The van der Waals surface area contributed by atoms with Crippen molar-refractivity contribution in [1.29, 1.82) is 0 Å². The zero-order valence-corrected chi connectivity index (χ0v) is 22.3. The molecular weight excluding hydrogens is 480 g/mol. The molecule has 2 saturated heterocycles. The van der Waals surface area contributed by atoms with E-state index in [1.54, 1.807) is 14.7 Å². The van der Waals surface area contributed by atoms with E-state index in [9.17, 15) is 19.2 Å². The normalized spacial score (nSPS) is 20.3. The van der Waals surface area contributed by atoms with Crippen LogP contribution in [0.1, 0.15) is 50.7 Å². The zero-order valence-electron chi connectivity index (χ0n) is 22.3. The van der Waals surface area contributed by atoms with Crippen molar-refractivity contribution >= 4 is 23.6 Å². The Balaban J connectivity index is 1.34. The molecule has 202 valence electrons. The van der Waals surface area contributed by atoms with Gasteiger partial charge >= 0.3 is 23.6 Å². The second kappa shape index (κ2) is 12.7. The van der Waals surface area contributed by atoms with E-state index in [0.717, 1.165) is 30.4 Å². The summed E-state index contributed by atoms with van der Waals surface area (Å²) in [6.45, 7) is 6.57. The number of amides is 4. The maximum Gasteiger partial charge on any atom is 0.312 e. The minimum atomic E-state index is -0.564. The van der Waals surface area contributed by atoms with Crippen molar-refractivity contribution in [1.82, 2.24) is 20.0 Å². The summed E-state index contributed by atoms with van der Waals surface area (Å²) in [5.41, 5.74) is 2.00. The second-order valence-electron chi connectivity index (χ2n) is 10.7. The van der Waals surface area contributed by atoms with Crippen LogP contribution in [-0.2, 0) is 32.3 Å². The molecule has 2 heterocycles. The van der Waals surface area contributed by atoms with Crippen LogP contribution in [0.4, 0.5) is 0 Å². The molecule has 0 spiro atoms. The third kappa shape index (κ3) is 6.79. The van der Waals surface area contributed by atoms with E-state index in [1.807, 2.05) is 60.7 Å². The van der Waals surface area contributed by atoms with E-state index in [1.165, 1.54) is 0 Å². The zero-order chi connectivity index (χ0) is 27.1. The number of unbranched alkanes of at least 4 members (excludes halogenated alkanes) is 1. The van der Waals surface area contributed by atoms with Gasteiger partial charge in [-0.05, 0) is 42.7 Å². The minimum Gasteiger partial charge on any atom is -0.346 e. The highest BCUT2D eigenvalue weighted by molar-refractivity contribution is 6.36. The smallest absolute Gasteiger partial charge is 0.312 e. The highest BCUT2D eigenvalue weighted by Crippen LogP contribution is 2.23. The van der Waals surface area contributed by atoms with E-state index < -0.39 is 23.6 Å². The first-order chi connectivity index (χ1) is 18.3. The van der Waals surface area contributed by atoms with E-state index >= 15 is 0 Å². The van der Waals surface area contributed by atoms with Crippen LogP contribution < -0.4 is 5.32 Å². The summed E-state index contributed by atoms with van der Waals surface area (Å²) < 4.78 is 0. The van der Waals surface area contributed by atoms with Gasteiger partial charge < -0.3 is 20.0 Å². The summed E-state index contributed by atoms with van der Waals surface area (Å²) in [7, 11) is 0. The monoisotopic (exact) mass is 518 g/mol. The van der Waals surface area contributed by atoms with Crippen molar-refractivity contribution in [2.24, 2.45) is 5.92 Å². The summed E-state index contributed by atoms with van der Waals surface area (Å²) in [6, 6.07) is 19.3. The van der Waals surface area contributed by atoms with Gasteiger partial charge in [0.05, 0.1) is 6.04 Å². The lowest BCUT2D eigenvalue weighted by atomic mass is 9.98. The summed E-state index contributed by atoms with van der Waals surface area (Å²) in [5, 5.41) is 2.70. The van der Waals surface area contributed by atoms with Crippen LogP contribution in [0.5, 0.6) is 0 Å². The van der Waals surface area contributed by atoms with Crippen molar-refractivity contribution in [3.8, 4) is 0 Å². The molecule has 2 aromatic rings. The predicted octanol–water partition coefficient (Wildman–Crippen LogP) is 2.97. The first kappa shape index (κ1) is 27.4. The number of hydrogen-bond acceptors (Lipinski definition) is 4. The number of carbonyl (C=O) groups is 4. The fourth-order valence-corrected chi connectivity index (χ4v) is 5.39. The van der Waals surface area contributed by atoms with Gasteiger partial charge in [-0.2, -0.15) is 0 Å². The van der Waals surface area contributed by atoms with Crippen LogP contribution in [0.25, 0.3) is 0 Å². The van der Waals surface area contributed by atoms with Gasteiger partial charge in [0.25, 0.3) is 0 Å². The van der Waals surface area contributed by atoms with Gasteiger partial charge in [0, 0.05) is 38.8 Å². The standard InChI is InChI=1S/C30H38N4O4/c1-22(2)17-26-21-32(29(37)30(38)34(26)20-24-13-7-4-8-14-24)16-10-9-15-25-18-31-27(35)28(36)33(25)19-23-11-5-3-6-12-23/h3-8,11-14,22,25-26H,9-10,15-21H2,1-2H3,(H,31,35)/t25-,26-/m0/s1. The fraction of sp³-hybridized carbons (Fsp3) is 0.467.